The molecule has 0 radical (unpaired) electrons. The number of sulfonamides is 1. The Hall–Kier alpha value is -1.40. The van der Waals surface area contributed by atoms with Gasteiger partial charge in [-0.05, 0) is 29.5 Å². The first kappa shape index (κ1) is 16.7. The van der Waals surface area contributed by atoms with Crippen LogP contribution in [0, 0.1) is 5.41 Å². The van der Waals surface area contributed by atoms with Crippen LogP contribution in [0.1, 0.15) is 32.8 Å². The van der Waals surface area contributed by atoms with Crippen LogP contribution in [0.3, 0.4) is 0 Å². The van der Waals surface area contributed by atoms with E-state index in [1.807, 2.05) is 20.8 Å². The molecule has 6 heteroatoms. The predicted octanol–water partition coefficient (Wildman–Crippen LogP) is 1.43. The van der Waals surface area contributed by atoms with Gasteiger partial charge in [-0.15, -0.1) is 0 Å². The average Bonchev–Trinajstić information content (AvgIpc) is 2.26. The molecule has 20 heavy (non-hydrogen) atoms. The van der Waals surface area contributed by atoms with Gasteiger partial charge < -0.3 is 5.32 Å². The summed E-state index contributed by atoms with van der Waals surface area (Å²) in [5.74, 6) is 0.0265. The van der Waals surface area contributed by atoms with Crippen LogP contribution in [0.2, 0.25) is 0 Å². The van der Waals surface area contributed by atoms with Gasteiger partial charge in [0.25, 0.3) is 0 Å². The summed E-state index contributed by atoms with van der Waals surface area (Å²) < 4.78 is 22.2. The molecule has 0 fully saturated rings. The Labute approximate surface area is 120 Å². The fourth-order valence-corrected chi connectivity index (χ4v) is 2.25. The molecule has 0 bridgehead atoms. The fourth-order valence-electron chi connectivity index (χ4n) is 1.74. The van der Waals surface area contributed by atoms with Crippen molar-refractivity contribution in [3.05, 3.63) is 29.8 Å². The van der Waals surface area contributed by atoms with Gasteiger partial charge in [0.15, 0.2) is 0 Å². The molecular formula is C14H22N2O3S. The second-order valence-electron chi connectivity index (χ2n) is 6.03. The van der Waals surface area contributed by atoms with Gasteiger partial charge in [-0.3, -0.25) is 4.79 Å². The van der Waals surface area contributed by atoms with Gasteiger partial charge in [0.05, 0.1) is 4.90 Å². The van der Waals surface area contributed by atoms with Crippen molar-refractivity contribution in [1.29, 1.82) is 0 Å². The van der Waals surface area contributed by atoms with Crippen LogP contribution in [0.5, 0.6) is 0 Å². The monoisotopic (exact) mass is 298 g/mol. The minimum absolute atomic E-state index is 0.0265. The number of carbonyl (C=O) groups excluding carboxylic acids is 1. The van der Waals surface area contributed by atoms with E-state index in [1.54, 1.807) is 12.1 Å². The Morgan fingerprint density at radius 2 is 1.75 bits per heavy atom. The van der Waals surface area contributed by atoms with Gasteiger partial charge in [-0.2, -0.15) is 0 Å². The molecule has 0 saturated carbocycles. The van der Waals surface area contributed by atoms with E-state index in [1.165, 1.54) is 12.1 Å². The van der Waals surface area contributed by atoms with Crippen molar-refractivity contribution in [3.63, 3.8) is 0 Å². The molecule has 0 spiro atoms. The molecule has 0 aromatic heterocycles. The van der Waals surface area contributed by atoms with Gasteiger partial charge in [-0.1, -0.05) is 32.9 Å². The number of amides is 1. The summed E-state index contributed by atoms with van der Waals surface area (Å²) in [6.07, 6.45) is 1.14. The third kappa shape index (κ3) is 6.16. The van der Waals surface area contributed by atoms with E-state index in [0.29, 0.717) is 19.4 Å². The van der Waals surface area contributed by atoms with Crippen molar-refractivity contribution in [3.8, 4) is 0 Å². The number of hydrogen-bond donors (Lipinski definition) is 2. The smallest absolute Gasteiger partial charge is 0.238 e. The second-order valence-corrected chi connectivity index (χ2v) is 7.59. The minimum atomic E-state index is -3.64. The van der Waals surface area contributed by atoms with E-state index in [-0.39, 0.29) is 16.2 Å². The number of benzene rings is 1. The number of nitrogens with two attached hydrogens (primary N) is 1. The van der Waals surface area contributed by atoms with Crippen molar-refractivity contribution in [2.24, 2.45) is 10.6 Å². The number of rotatable bonds is 5. The van der Waals surface area contributed by atoms with Gasteiger partial charge in [0.1, 0.15) is 0 Å². The minimum Gasteiger partial charge on any atom is -0.356 e. The third-order valence-corrected chi connectivity index (χ3v) is 3.61. The zero-order chi connectivity index (χ0) is 15.4. The van der Waals surface area contributed by atoms with E-state index in [2.05, 4.69) is 5.32 Å². The van der Waals surface area contributed by atoms with Crippen LogP contribution in [-0.4, -0.2) is 20.9 Å². The summed E-state index contributed by atoms with van der Waals surface area (Å²) in [7, 11) is -3.64. The summed E-state index contributed by atoms with van der Waals surface area (Å²) in [6.45, 7) is 6.57. The van der Waals surface area contributed by atoms with Gasteiger partial charge in [0, 0.05) is 13.0 Å². The highest BCUT2D eigenvalue weighted by molar-refractivity contribution is 7.89. The van der Waals surface area contributed by atoms with Gasteiger partial charge in [0.2, 0.25) is 15.9 Å². The maximum absolute atomic E-state index is 11.6. The molecule has 0 heterocycles. The first-order valence-corrected chi connectivity index (χ1v) is 8.01. The number of carbonyl (C=O) groups is 1. The van der Waals surface area contributed by atoms with Crippen molar-refractivity contribution in [1.82, 2.24) is 5.32 Å². The van der Waals surface area contributed by atoms with Crippen LogP contribution in [0.25, 0.3) is 0 Å². The highest BCUT2D eigenvalue weighted by Gasteiger charge is 2.15. The lowest BCUT2D eigenvalue weighted by molar-refractivity contribution is -0.122. The van der Waals surface area contributed by atoms with Crippen LogP contribution in [0.4, 0.5) is 0 Å². The van der Waals surface area contributed by atoms with Gasteiger partial charge >= 0.3 is 0 Å². The Kier molecular flexibility index (Phi) is 5.30. The van der Waals surface area contributed by atoms with Crippen LogP contribution in [-0.2, 0) is 21.2 Å². The standard InChI is InChI=1S/C14H22N2O3S/c1-14(2,3)10-13(17)16-9-8-11-4-6-12(7-5-11)20(15,18)19/h4-7H,8-10H2,1-3H3,(H,16,17)(H2,15,18,19). The Balaban J connectivity index is 2.45. The molecule has 3 N–H and O–H groups in total. The molecule has 0 aliphatic carbocycles. The van der Waals surface area contributed by atoms with Crippen molar-refractivity contribution >= 4 is 15.9 Å². The Morgan fingerprint density at radius 1 is 1.20 bits per heavy atom. The molecular weight excluding hydrogens is 276 g/mol. The summed E-state index contributed by atoms with van der Waals surface area (Å²) in [6, 6.07) is 6.36. The lowest BCUT2D eigenvalue weighted by Gasteiger charge is -2.17. The van der Waals surface area contributed by atoms with Crippen LogP contribution < -0.4 is 10.5 Å². The predicted molar refractivity (Wildman–Crippen MR) is 78.6 cm³/mol. The Bertz CT molecular complexity index is 557. The normalized spacial score (nSPS) is 12.2. The second kappa shape index (κ2) is 6.37. The summed E-state index contributed by atoms with van der Waals surface area (Å²) in [5, 5.41) is 7.87. The van der Waals surface area contributed by atoms with Crippen molar-refractivity contribution in [2.75, 3.05) is 6.54 Å². The quantitative estimate of drug-likeness (QED) is 0.861. The third-order valence-electron chi connectivity index (χ3n) is 2.68. The molecule has 112 valence electrons. The van der Waals surface area contributed by atoms with Crippen LogP contribution >= 0.6 is 0 Å². The zero-order valence-corrected chi connectivity index (χ0v) is 13.0. The molecule has 0 saturated heterocycles. The van der Waals surface area contributed by atoms with E-state index < -0.39 is 10.0 Å². The van der Waals surface area contributed by atoms with Crippen LogP contribution in [0.15, 0.2) is 29.2 Å². The lowest BCUT2D eigenvalue weighted by atomic mass is 9.92. The van der Waals surface area contributed by atoms with E-state index in [9.17, 15) is 13.2 Å². The molecule has 1 rings (SSSR count). The average molecular weight is 298 g/mol. The molecule has 0 atom stereocenters. The lowest BCUT2D eigenvalue weighted by Crippen LogP contribution is -2.29. The molecule has 1 amide bonds. The largest absolute Gasteiger partial charge is 0.356 e. The first-order chi connectivity index (χ1) is 9.08. The maximum Gasteiger partial charge on any atom is 0.238 e. The highest BCUT2D eigenvalue weighted by Crippen LogP contribution is 2.17. The molecule has 1 aromatic carbocycles. The SMILES string of the molecule is CC(C)(C)CC(=O)NCCc1ccc(S(N)(=O)=O)cc1. The molecule has 0 unspecified atom stereocenters. The first-order valence-electron chi connectivity index (χ1n) is 6.46. The fraction of sp³-hybridized carbons (Fsp3) is 0.500. The van der Waals surface area contributed by atoms with E-state index in [4.69, 9.17) is 5.14 Å². The molecule has 5 nitrogen and oxygen atoms in total. The molecule has 0 aliphatic heterocycles. The molecule has 1 aromatic rings. The number of hydrogen-bond acceptors (Lipinski definition) is 3. The topological polar surface area (TPSA) is 89.3 Å². The van der Waals surface area contributed by atoms with Crippen molar-refractivity contribution < 1.29 is 13.2 Å². The summed E-state index contributed by atoms with van der Waals surface area (Å²) >= 11 is 0. The highest BCUT2D eigenvalue weighted by atomic mass is 32.2. The number of nitrogens with one attached hydrogen (secondary N) is 1. The molecule has 0 aliphatic rings. The summed E-state index contributed by atoms with van der Waals surface area (Å²) in [5.41, 5.74) is 0.926. The van der Waals surface area contributed by atoms with Gasteiger partial charge in [-0.25, -0.2) is 13.6 Å². The zero-order valence-electron chi connectivity index (χ0n) is 12.1. The Morgan fingerprint density at radius 3 is 2.20 bits per heavy atom. The number of primary sulfonamides is 1. The van der Waals surface area contributed by atoms with Crippen molar-refractivity contribution in [2.45, 2.75) is 38.5 Å². The van der Waals surface area contributed by atoms with E-state index >= 15 is 0 Å². The summed E-state index contributed by atoms with van der Waals surface area (Å²) in [4.78, 5) is 11.7. The maximum atomic E-state index is 11.6. The van der Waals surface area contributed by atoms with E-state index in [0.717, 1.165) is 5.56 Å².